The van der Waals surface area contributed by atoms with Crippen LogP contribution in [-0.4, -0.2) is 12.1 Å². The van der Waals surface area contributed by atoms with Gasteiger partial charge in [-0.3, -0.25) is 0 Å². The van der Waals surface area contributed by atoms with E-state index in [-0.39, 0.29) is 12.1 Å². The van der Waals surface area contributed by atoms with E-state index in [2.05, 4.69) is 30.9 Å². The Bertz CT molecular complexity index is 418. The fourth-order valence-electron chi connectivity index (χ4n) is 1.46. The van der Waals surface area contributed by atoms with E-state index in [4.69, 9.17) is 4.74 Å². The molecule has 0 aliphatic heterocycles. The summed E-state index contributed by atoms with van der Waals surface area (Å²) in [6.07, 6.45) is 5.81. The smallest absolute Gasteiger partial charge is 0.333 e. The monoisotopic (exact) mass is 244 g/mol. The first-order valence-corrected chi connectivity index (χ1v) is 6.17. The number of hydrogen-bond acceptors (Lipinski definition) is 2. The van der Waals surface area contributed by atoms with Crippen molar-refractivity contribution in [1.82, 2.24) is 0 Å². The number of rotatable bonds is 6. The number of hydrogen-bond donors (Lipinski definition) is 0. The largest absolute Gasteiger partial charge is 0.459 e. The SMILES string of the molecule is C=C(C)C(=O)OC(C)CCC=Cc1ccccc1. The number of benzene rings is 1. The minimum atomic E-state index is -0.311. The first-order chi connectivity index (χ1) is 8.59. The molecule has 0 N–H and O–H groups in total. The van der Waals surface area contributed by atoms with Crippen molar-refractivity contribution in [1.29, 1.82) is 0 Å². The van der Waals surface area contributed by atoms with Crippen molar-refractivity contribution in [2.75, 3.05) is 0 Å². The Morgan fingerprint density at radius 3 is 2.67 bits per heavy atom. The van der Waals surface area contributed by atoms with Gasteiger partial charge in [-0.2, -0.15) is 0 Å². The van der Waals surface area contributed by atoms with Crippen LogP contribution in [0.4, 0.5) is 0 Å². The van der Waals surface area contributed by atoms with Crippen LogP contribution < -0.4 is 0 Å². The lowest BCUT2D eigenvalue weighted by Crippen LogP contribution is -2.14. The molecule has 0 aromatic heterocycles. The molecule has 1 unspecified atom stereocenters. The standard InChI is InChI=1S/C16H20O2/c1-13(2)16(17)18-14(3)9-7-8-12-15-10-5-4-6-11-15/h4-6,8,10-12,14H,1,7,9H2,2-3H3. The van der Waals surface area contributed by atoms with Crippen molar-refractivity contribution < 1.29 is 9.53 Å². The van der Waals surface area contributed by atoms with E-state index in [1.54, 1.807) is 6.92 Å². The molecule has 2 nitrogen and oxygen atoms in total. The highest BCUT2D eigenvalue weighted by Gasteiger charge is 2.08. The Morgan fingerprint density at radius 1 is 1.39 bits per heavy atom. The van der Waals surface area contributed by atoms with Gasteiger partial charge in [0.2, 0.25) is 0 Å². The molecule has 0 saturated carbocycles. The summed E-state index contributed by atoms with van der Waals surface area (Å²) in [5.41, 5.74) is 1.63. The van der Waals surface area contributed by atoms with Crippen LogP contribution in [0.2, 0.25) is 0 Å². The molecule has 2 heteroatoms. The Morgan fingerprint density at radius 2 is 2.06 bits per heavy atom. The van der Waals surface area contributed by atoms with E-state index >= 15 is 0 Å². The van der Waals surface area contributed by atoms with Gasteiger partial charge < -0.3 is 4.74 Å². The Hall–Kier alpha value is -1.83. The van der Waals surface area contributed by atoms with Crippen molar-refractivity contribution in [3.05, 3.63) is 54.1 Å². The van der Waals surface area contributed by atoms with E-state index < -0.39 is 0 Å². The second-order valence-corrected chi connectivity index (χ2v) is 4.39. The van der Waals surface area contributed by atoms with Crippen LogP contribution in [0.15, 0.2) is 48.6 Å². The van der Waals surface area contributed by atoms with Gasteiger partial charge in [-0.25, -0.2) is 4.79 Å². The van der Waals surface area contributed by atoms with E-state index in [0.29, 0.717) is 5.57 Å². The summed E-state index contributed by atoms with van der Waals surface area (Å²) in [7, 11) is 0. The van der Waals surface area contributed by atoms with E-state index in [1.165, 1.54) is 5.56 Å². The molecule has 0 aliphatic rings. The summed E-state index contributed by atoms with van der Waals surface area (Å²) in [5, 5.41) is 0. The van der Waals surface area contributed by atoms with Gasteiger partial charge in [0.25, 0.3) is 0 Å². The topological polar surface area (TPSA) is 26.3 Å². The molecule has 0 radical (unpaired) electrons. The third-order valence-corrected chi connectivity index (χ3v) is 2.51. The van der Waals surface area contributed by atoms with E-state index in [0.717, 1.165) is 12.8 Å². The zero-order chi connectivity index (χ0) is 13.4. The van der Waals surface area contributed by atoms with Gasteiger partial charge in [-0.05, 0) is 32.3 Å². The predicted molar refractivity (Wildman–Crippen MR) is 75.1 cm³/mol. The number of carbonyl (C=O) groups is 1. The minimum Gasteiger partial charge on any atom is -0.459 e. The van der Waals surface area contributed by atoms with Crippen molar-refractivity contribution in [3.8, 4) is 0 Å². The van der Waals surface area contributed by atoms with Crippen molar-refractivity contribution in [2.45, 2.75) is 32.8 Å². The third-order valence-electron chi connectivity index (χ3n) is 2.51. The summed E-state index contributed by atoms with van der Waals surface area (Å²) in [4.78, 5) is 11.3. The molecule has 1 rings (SSSR count). The van der Waals surface area contributed by atoms with Crippen molar-refractivity contribution in [2.24, 2.45) is 0 Å². The highest BCUT2D eigenvalue weighted by molar-refractivity contribution is 5.87. The fourth-order valence-corrected chi connectivity index (χ4v) is 1.46. The molecule has 0 fully saturated rings. The van der Waals surface area contributed by atoms with Gasteiger partial charge in [0.15, 0.2) is 0 Å². The van der Waals surface area contributed by atoms with Crippen LogP contribution in [0.3, 0.4) is 0 Å². The lowest BCUT2D eigenvalue weighted by atomic mass is 10.1. The molecule has 0 amide bonds. The van der Waals surface area contributed by atoms with Gasteiger partial charge in [0.1, 0.15) is 0 Å². The minimum absolute atomic E-state index is 0.0744. The molecule has 0 heterocycles. The predicted octanol–water partition coefficient (Wildman–Crippen LogP) is 3.99. The fraction of sp³-hybridized carbons (Fsp3) is 0.312. The van der Waals surface area contributed by atoms with E-state index in [9.17, 15) is 4.79 Å². The second kappa shape index (κ2) is 7.49. The van der Waals surface area contributed by atoms with Gasteiger partial charge in [0, 0.05) is 5.57 Å². The molecule has 0 aliphatic carbocycles. The Kier molecular flexibility index (Phi) is 5.92. The van der Waals surface area contributed by atoms with Crippen LogP contribution in [0.25, 0.3) is 6.08 Å². The number of esters is 1. The van der Waals surface area contributed by atoms with Gasteiger partial charge in [0.05, 0.1) is 6.10 Å². The number of allylic oxidation sites excluding steroid dienone is 1. The quantitative estimate of drug-likeness (QED) is 0.558. The van der Waals surface area contributed by atoms with Gasteiger partial charge in [-0.15, -0.1) is 0 Å². The maximum atomic E-state index is 11.3. The van der Waals surface area contributed by atoms with Crippen LogP contribution in [-0.2, 0) is 9.53 Å². The molecule has 96 valence electrons. The van der Waals surface area contributed by atoms with Crippen molar-refractivity contribution in [3.63, 3.8) is 0 Å². The maximum Gasteiger partial charge on any atom is 0.333 e. The zero-order valence-corrected chi connectivity index (χ0v) is 11.1. The maximum absolute atomic E-state index is 11.3. The summed E-state index contributed by atoms with van der Waals surface area (Å²) < 4.78 is 5.19. The normalized spacial score (nSPS) is 12.3. The highest BCUT2D eigenvalue weighted by Crippen LogP contribution is 2.07. The first-order valence-electron chi connectivity index (χ1n) is 6.17. The molecule has 1 aromatic carbocycles. The molecule has 1 aromatic rings. The van der Waals surface area contributed by atoms with Crippen LogP contribution >= 0.6 is 0 Å². The van der Waals surface area contributed by atoms with Gasteiger partial charge >= 0.3 is 5.97 Å². The Labute approximate surface area is 109 Å². The Balaban J connectivity index is 2.27. The van der Waals surface area contributed by atoms with Crippen LogP contribution in [0.5, 0.6) is 0 Å². The molecule has 1 atom stereocenters. The lowest BCUT2D eigenvalue weighted by Gasteiger charge is -2.11. The molecular weight excluding hydrogens is 224 g/mol. The highest BCUT2D eigenvalue weighted by atomic mass is 16.5. The second-order valence-electron chi connectivity index (χ2n) is 4.39. The number of ether oxygens (including phenoxy) is 1. The summed E-state index contributed by atoms with van der Waals surface area (Å²) in [5.74, 6) is -0.311. The number of carbonyl (C=O) groups excluding carboxylic acids is 1. The summed E-state index contributed by atoms with van der Waals surface area (Å²) >= 11 is 0. The van der Waals surface area contributed by atoms with E-state index in [1.807, 2.05) is 25.1 Å². The first kappa shape index (κ1) is 14.2. The molecule has 18 heavy (non-hydrogen) atoms. The zero-order valence-electron chi connectivity index (χ0n) is 11.1. The molecule has 0 bridgehead atoms. The van der Waals surface area contributed by atoms with Crippen LogP contribution in [0, 0.1) is 0 Å². The molecule has 0 saturated heterocycles. The van der Waals surface area contributed by atoms with Gasteiger partial charge in [-0.1, -0.05) is 49.1 Å². The average Bonchev–Trinajstić information content (AvgIpc) is 2.35. The molecular formula is C16H20O2. The van der Waals surface area contributed by atoms with Crippen molar-refractivity contribution >= 4 is 12.0 Å². The summed E-state index contributed by atoms with van der Waals surface area (Å²) in [6, 6.07) is 10.1. The third kappa shape index (κ3) is 5.48. The molecule has 0 spiro atoms. The lowest BCUT2D eigenvalue weighted by molar-refractivity contribution is -0.143. The average molecular weight is 244 g/mol. The summed E-state index contributed by atoms with van der Waals surface area (Å²) in [6.45, 7) is 7.11. The van der Waals surface area contributed by atoms with Crippen LogP contribution in [0.1, 0.15) is 32.3 Å².